The summed E-state index contributed by atoms with van der Waals surface area (Å²) < 4.78 is 0. The molecule has 0 saturated carbocycles. The maximum absolute atomic E-state index is 11.7. The number of carbonyl (C=O) groups excluding carboxylic acids is 1. The second-order valence-electron chi connectivity index (χ2n) is 4.32. The number of rotatable bonds is 4. The number of nitrogens with zero attached hydrogens (tertiary/aromatic N) is 1. The van der Waals surface area contributed by atoms with Crippen LogP contribution < -0.4 is 5.32 Å². The van der Waals surface area contributed by atoms with Crippen molar-refractivity contribution in [3.8, 4) is 0 Å². The van der Waals surface area contributed by atoms with E-state index in [-0.39, 0.29) is 5.91 Å². The van der Waals surface area contributed by atoms with Crippen LogP contribution in [0, 0.1) is 0 Å². The fourth-order valence-corrected chi connectivity index (χ4v) is 2.13. The molecule has 1 N–H and O–H groups in total. The minimum absolute atomic E-state index is 0.00326. The second-order valence-corrected chi connectivity index (χ2v) is 5.89. The van der Waals surface area contributed by atoms with Crippen LogP contribution in [0.2, 0.25) is 0 Å². The Morgan fingerprint density at radius 1 is 1.33 bits per heavy atom. The molecular formula is C14H16N2OS. The summed E-state index contributed by atoms with van der Waals surface area (Å²) in [6, 6.07) is 9.86. The number of anilines is 1. The van der Waals surface area contributed by atoms with Crippen molar-refractivity contribution in [3.63, 3.8) is 0 Å². The van der Waals surface area contributed by atoms with Gasteiger partial charge in [0.2, 0.25) is 5.91 Å². The van der Waals surface area contributed by atoms with Gasteiger partial charge in [0.25, 0.3) is 0 Å². The summed E-state index contributed by atoms with van der Waals surface area (Å²) in [4.78, 5) is 15.9. The summed E-state index contributed by atoms with van der Waals surface area (Å²) in [6.45, 7) is 4.15. The van der Waals surface area contributed by atoms with Gasteiger partial charge in [-0.25, -0.2) is 4.98 Å². The van der Waals surface area contributed by atoms with Gasteiger partial charge in [0.05, 0.1) is 5.75 Å². The first-order valence-electron chi connectivity index (χ1n) is 5.91. The summed E-state index contributed by atoms with van der Waals surface area (Å²) in [5, 5.41) is 5.44. The van der Waals surface area contributed by atoms with Crippen molar-refractivity contribution in [2.24, 2.45) is 0 Å². The van der Waals surface area contributed by atoms with Crippen LogP contribution in [0.5, 0.6) is 0 Å². The number of aromatic nitrogens is 1. The minimum atomic E-state index is -0.00326. The van der Waals surface area contributed by atoms with E-state index >= 15 is 0 Å². The Morgan fingerprint density at radius 2 is 2.06 bits per heavy atom. The SMILES string of the molecule is CC(C)SCC(=O)Nc1cc2ccccc2cn1. The van der Waals surface area contributed by atoms with Crippen LogP contribution in [-0.2, 0) is 4.79 Å². The van der Waals surface area contributed by atoms with Gasteiger partial charge in [0.15, 0.2) is 0 Å². The Labute approximate surface area is 111 Å². The molecule has 0 aliphatic heterocycles. The number of carbonyl (C=O) groups is 1. The summed E-state index contributed by atoms with van der Waals surface area (Å²) in [5.74, 6) is 1.08. The van der Waals surface area contributed by atoms with E-state index in [1.165, 1.54) is 0 Å². The van der Waals surface area contributed by atoms with E-state index in [9.17, 15) is 4.79 Å². The first-order chi connectivity index (χ1) is 8.65. The van der Waals surface area contributed by atoms with Crippen LogP contribution in [0.1, 0.15) is 13.8 Å². The highest BCUT2D eigenvalue weighted by Gasteiger charge is 2.05. The molecule has 1 aromatic carbocycles. The number of amides is 1. The Morgan fingerprint density at radius 3 is 2.78 bits per heavy atom. The van der Waals surface area contributed by atoms with E-state index < -0.39 is 0 Å². The molecule has 0 spiro atoms. The lowest BCUT2D eigenvalue weighted by atomic mass is 10.2. The van der Waals surface area contributed by atoms with Crippen molar-refractivity contribution in [1.29, 1.82) is 0 Å². The van der Waals surface area contributed by atoms with Gasteiger partial charge in [-0.15, -0.1) is 11.8 Å². The van der Waals surface area contributed by atoms with Crippen LogP contribution >= 0.6 is 11.8 Å². The summed E-state index contributed by atoms with van der Waals surface area (Å²) in [7, 11) is 0. The Hall–Kier alpha value is -1.55. The quantitative estimate of drug-likeness (QED) is 0.917. The van der Waals surface area contributed by atoms with E-state index in [4.69, 9.17) is 0 Å². The third-order valence-corrected chi connectivity index (χ3v) is 3.54. The smallest absolute Gasteiger partial charge is 0.235 e. The molecule has 4 heteroatoms. The zero-order valence-corrected chi connectivity index (χ0v) is 11.3. The van der Waals surface area contributed by atoms with Crippen LogP contribution in [-0.4, -0.2) is 21.9 Å². The molecule has 0 unspecified atom stereocenters. The molecule has 1 aromatic heterocycles. The van der Waals surface area contributed by atoms with Gasteiger partial charge in [0, 0.05) is 11.6 Å². The van der Waals surface area contributed by atoms with Crippen LogP contribution in [0.25, 0.3) is 10.8 Å². The fraction of sp³-hybridized carbons (Fsp3) is 0.286. The number of thioether (sulfide) groups is 1. The maximum atomic E-state index is 11.7. The molecule has 0 radical (unpaired) electrons. The Balaban J connectivity index is 2.05. The largest absolute Gasteiger partial charge is 0.310 e. The third-order valence-electron chi connectivity index (χ3n) is 2.45. The molecule has 0 fully saturated rings. The number of hydrogen-bond acceptors (Lipinski definition) is 3. The molecule has 0 aliphatic carbocycles. The standard InChI is InChI=1S/C14H16N2OS/c1-10(2)18-9-14(17)16-13-7-11-5-3-4-6-12(11)8-15-13/h3-8,10H,9H2,1-2H3,(H,15,16,17). The van der Waals surface area contributed by atoms with Crippen molar-refractivity contribution < 1.29 is 4.79 Å². The lowest BCUT2D eigenvalue weighted by molar-refractivity contribution is -0.113. The summed E-state index contributed by atoms with van der Waals surface area (Å²) in [5.41, 5.74) is 0. The Kier molecular flexibility index (Phi) is 4.20. The normalized spacial score (nSPS) is 10.8. The van der Waals surface area contributed by atoms with Crippen molar-refractivity contribution in [1.82, 2.24) is 4.98 Å². The van der Waals surface area contributed by atoms with Gasteiger partial charge < -0.3 is 5.32 Å². The predicted octanol–water partition coefficient (Wildman–Crippen LogP) is 3.31. The molecular weight excluding hydrogens is 244 g/mol. The first-order valence-corrected chi connectivity index (χ1v) is 6.96. The van der Waals surface area contributed by atoms with Crippen molar-refractivity contribution in [2.75, 3.05) is 11.1 Å². The highest BCUT2D eigenvalue weighted by Crippen LogP contribution is 2.16. The van der Waals surface area contributed by atoms with E-state index in [0.29, 0.717) is 16.8 Å². The van der Waals surface area contributed by atoms with Crippen LogP contribution in [0.15, 0.2) is 36.5 Å². The molecule has 18 heavy (non-hydrogen) atoms. The molecule has 1 amide bonds. The van der Waals surface area contributed by atoms with Crippen molar-refractivity contribution in [3.05, 3.63) is 36.5 Å². The molecule has 0 saturated heterocycles. The van der Waals surface area contributed by atoms with Gasteiger partial charge in [-0.1, -0.05) is 38.1 Å². The van der Waals surface area contributed by atoms with E-state index in [1.807, 2.05) is 30.3 Å². The number of hydrogen-bond donors (Lipinski definition) is 1. The molecule has 2 rings (SSSR count). The van der Waals surface area contributed by atoms with Gasteiger partial charge in [-0.2, -0.15) is 0 Å². The zero-order chi connectivity index (χ0) is 13.0. The molecule has 1 heterocycles. The molecule has 94 valence electrons. The number of nitrogens with one attached hydrogen (secondary N) is 1. The lowest BCUT2D eigenvalue weighted by Crippen LogP contribution is -2.16. The predicted molar refractivity (Wildman–Crippen MR) is 78.0 cm³/mol. The third kappa shape index (κ3) is 3.47. The van der Waals surface area contributed by atoms with Crippen LogP contribution in [0.4, 0.5) is 5.82 Å². The van der Waals surface area contributed by atoms with Crippen molar-refractivity contribution >= 4 is 34.3 Å². The fourth-order valence-electron chi connectivity index (χ4n) is 1.57. The van der Waals surface area contributed by atoms with E-state index in [2.05, 4.69) is 24.1 Å². The highest BCUT2D eigenvalue weighted by molar-refractivity contribution is 8.00. The van der Waals surface area contributed by atoms with Gasteiger partial charge in [-0.05, 0) is 16.7 Å². The Bertz CT molecular complexity index is 554. The van der Waals surface area contributed by atoms with E-state index in [0.717, 1.165) is 10.8 Å². The monoisotopic (exact) mass is 260 g/mol. The topological polar surface area (TPSA) is 42.0 Å². The van der Waals surface area contributed by atoms with E-state index in [1.54, 1.807) is 18.0 Å². The summed E-state index contributed by atoms with van der Waals surface area (Å²) >= 11 is 1.62. The lowest BCUT2D eigenvalue weighted by Gasteiger charge is -2.07. The van der Waals surface area contributed by atoms with Crippen molar-refractivity contribution in [2.45, 2.75) is 19.1 Å². The van der Waals surface area contributed by atoms with Crippen LogP contribution in [0.3, 0.4) is 0 Å². The maximum Gasteiger partial charge on any atom is 0.235 e. The zero-order valence-electron chi connectivity index (χ0n) is 10.5. The average molecular weight is 260 g/mol. The summed E-state index contributed by atoms with van der Waals surface area (Å²) in [6.07, 6.45) is 1.78. The number of fused-ring (bicyclic) bond motifs is 1. The van der Waals surface area contributed by atoms with Gasteiger partial charge in [0.1, 0.15) is 5.82 Å². The highest BCUT2D eigenvalue weighted by atomic mass is 32.2. The molecule has 0 atom stereocenters. The second kappa shape index (κ2) is 5.87. The number of pyridine rings is 1. The van der Waals surface area contributed by atoms with Gasteiger partial charge >= 0.3 is 0 Å². The molecule has 0 bridgehead atoms. The number of benzene rings is 1. The van der Waals surface area contributed by atoms with Gasteiger partial charge in [-0.3, -0.25) is 4.79 Å². The molecule has 3 nitrogen and oxygen atoms in total. The molecule has 0 aliphatic rings. The average Bonchev–Trinajstić information content (AvgIpc) is 2.36. The molecule has 2 aromatic rings. The first kappa shape index (κ1) is 12.9. The minimum Gasteiger partial charge on any atom is -0.310 e.